The Morgan fingerprint density at radius 1 is 1.14 bits per heavy atom. The summed E-state index contributed by atoms with van der Waals surface area (Å²) in [6.45, 7) is 7.80. The van der Waals surface area contributed by atoms with E-state index in [1.807, 2.05) is 56.0 Å². The third kappa shape index (κ3) is 4.81. The predicted molar refractivity (Wildman–Crippen MR) is 112 cm³/mol. The highest BCUT2D eigenvalue weighted by atomic mass is 16.2. The third-order valence-corrected chi connectivity index (χ3v) is 5.60. The number of aryl methyl sites for hydroxylation is 1. The van der Waals surface area contributed by atoms with Gasteiger partial charge in [-0.15, -0.1) is 0 Å². The standard InChI is InChI=1S/C23H30N4O2/c1-4-26(5-2)23(29)19-16-24-22(25-17(19)3)20-13-9-10-14-27(20)21(28)15-18-11-7-6-8-12-18/h6-8,11-12,16,20H,4-5,9-10,13-15H2,1-3H3. The molecular weight excluding hydrogens is 364 g/mol. The Hall–Kier alpha value is -2.76. The zero-order valence-corrected chi connectivity index (χ0v) is 17.6. The Labute approximate surface area is 173 Å². The van der Waals surface area contributed by atoms with Crippen LogP contribution in [0.3, 0.4) is 0 Å². The van der Waals surface area contributed by atoms with Gasteiger partial charge in [0.15, 0.2) is 5.82 Å². The van der Waals surface area contributed by atoms with Gasteiger partial charge in [0, 0.05) is 25.8 Å². The number of amides is 2. The average Bonchev–Trinajstić information content (AvgIpc) is 2.75. The predicted octanol–water partition coefficient (Wildman–Crippen LogP) is 3.56. The number of hydrogen-bond acceptors (Lipinski definition) is 4. The monoisotopic (exact) mass is 394 g/mol. The van der Waals surface area contributed by atoms with Gasteiger partial charge >= 0.3 is 0 Å². The van der Waals surface area contributed by atoms with Gasteiger partial charge in [-0.3, -0.25) is 9.59 Å². The van der Waals surface area contributed by atoms with Crippen molar-refractivity contribution < 1.29 is 9.59 Å². The fourth-order valence-electron chi connectivity index (χ4n) is 3.91. The van der Waals surface area contributed by atoms with Gasteiger partial charge in [0.25, 0.3) is 5.91 Å². The van der Waals surface area contributed by atoms with Gasteiger partial charge in [0.05, 0.1) is 23.7 Å². The first-order valence-corrected chi connectivity index (χ1v) is 10.5. The number of benzene rings is 1. The van der Waals surface area contributed by atoms with Gasteiger partial charge in [0.1, 0.15) is 0 Å². The number of aromatic nitrogens is 2. The molecule has 0 saturated carbocycles. The lowest BCUT2D eigenvalue weighted by atomic mass is 9.99. The number of piperidine rings is 1. The molecule has 3 rings (SSSR count). The molecule has 29 heavy (non-hydrogen) atoms. The number of carbonyl (C=O) groups excluding carboxylic acids is 2. The summed E-state index contributed by atoms with van der Waals surface area (Å²) >= 11 is 0. The van der Waals surface area contributed by atoms with Crippen molar-refractivity contribution in [3.05, 3.63) is 59.2 Å². The third-order valence-electron chi connectivity index (χ3n) is 5.60. The van der Waals surface area contributed by atoms with Crippen molar-refractivity contribution in [2.24, 2.45) is 0 Å². The molecule has 0 aliphatic carbocycles. The Bertz CT molecular complexity index is 849. The largest absolute Gasteiger partial charge is 0.339 e. The summed E-state index contributed by atoms with van der Waals surface area (Å²) in [5.41, 5.74) is 2.22. The molecule has 2 aromatic rings. The summed E-state index contributed by atoms with van der Waals surface area (Å²) in [6.07, 6.45) is 4.90. The zero-order chi connectivity index (χ0) is 20.8. The van der Waals surface area contributed by atoms with Crippen LogP contribution in [-0.2, 0) is 11.2 Å². The van der Waals surface area contributed by atoms with Crippen molar-refractivity contribution in [2.75, 3.05) is 19.6 Å². The number of carbonyl (C=O) groups is 2. The van der Waals surface area contributed by atoms with E-state index < -0.39 is 0 Å². The molecule has 1 aliphatic heterocycles. The molecule has 1 aliphatic rings. The molecule has 0 radical (unpaired) electrons. The number of rotatable bonds is 6. The van der Waals surface area contributed by atoms with Crippen LogP contribution in [-0.4, -0.2) is 51.2 Å². The Morgan fingerprint density at radius 3 is 2.52 bits per heavy atom. The second kappa shape index (κ2) is 9.63. The van der Waals surface area contributed by atoms with E-state index in [9.17, 15) is 9.59 Å². The van der Waals surface area contributed by atoms with E-state index in [0.717, 1.165) is 31.4 Å². The number of likely N-dealkylation sites (tertiary alicyclic amines) is 1. The zero-order valence-electron chi connectivity index (χ0n) is 17.6. The highest BCUT2D eigenvalue weighted by molar-refractivity contribution is 5.94. The number of nitrogens with zero attached hydrogens (tertiary/aromatic N) is 4. The van der Waals surface area contributed by atoms with Gasteiger partial charge < -0.3 is 9.80 Å². The van der Waals surface area contributed by atoms with Gasteiger partial charge in [0.2, 0.25) is 5.91 Å². The van der Waals surface area contributed by atoms with Crippen molar-refractivity contribution >= 4 is 11.8 Å². The first kappa shape index (κ1) is 21.0. The number of hydrogen-bond donors (Lipinski definition) is 0. The van der Waals surface area contributed by atoms with E-state index in [1.165, 1.54) is 0 Å². The molecule has 2 amide bonds. The quantitative estimate of drug-likeness (QED) is 0.751. The van der Waals surface area contributed by atoms with Crippen molar-refractivity contribution in [1.29, 1.82) is 0 Å². The fraction of sp³-hybridized carbons (Fsp3) is 0.478. The molecule has 6 heteroatoms. The molecule has 6 nitrogen and oxygen atoms in total. The molecule has 0 N–H and O–H groups in total. The van der Waals surface area contributed by atoms with Crippen molar-refractivity contribution in [1.82, 2.24) is 19.8 Å². The van der Waals surface area contributed by atoms with Crippen LogP contribution < -0.4 is 0 Å². The van der Waals surface area contributed by atoms with E-state index in [2.05, 4.69) is 9.97 Å². The summed E-state index contributed by atoms with van der Waals surface area (Å²) in [5.74, 6) is 0.699. The van der Waals surface area contributed by atoms with E-state index in [-0.39, 0.29) is 17.9 Å². The van der Waals surface area contributed by atoms with Crippen molar-refractivity contribution in [3.8, 4) is 0 Å². The SMILES string of the molecule is CCN(CC)C(=O)c1cnc(C2CCCCN2C(=O)Cc2ccccc2)nc1C. The van der Waals surface area contributed by atoms with Crippen LogP contribution in [0.1, 0.15) is 66.6 Å². The van der Waals surface area contributed by atoms with Crippen LogP contribution >= 0.6 is 0 Å². The van der Waals surface area contributed by atoms with E-state index >= 15 is 0 Å². The smallest absolute Gasteiger partial charge is 0.257 e. The molecule has 2 heterocycles. The first-order chi connectivity index (χ1) is 14.0. The molecule has 1 aromatic carbocycles. The van der Waals surface area contributed by atoms with E-state index in [0.29, 0.717) is 36.6 Å². The van der Waals surface area contributed by atoms with E-state index in [4.69, 9.17) is 0 Å². The highest BCUT2D eigenvalue weighted by Gasteiger charge is 2.30. The van der Waals surface area contributed by atoms with Gasteiger partial charge in [-0.25, -0.2) is 9.97 Å². The molecule has 1 unspecified atom stereocenters. The van der Waals surface area contributed by atoms with Crippen LogP contribution in [0.15, 0.2) is 36.5 Å². The molecule has 1 fully saturated rings. The van der Waals surface area contributed by atoms with Crippen LogP contribution in [0, 0.1) is 6.92 Å². The molecule has 1 atom stereocenters. The minimum atomic E-state index is -0.128. The van der Waals surface area contributed by atoms with Crippen LogP contribution in [0.5, 0.6) is 0 Å². The summed E-state index contributed by atoms with van der Waals surface area (Å²) in [5, 5.41) is 0. The first-order valence-electron chi connectivity index (χ1n) is 10.5. The molecule has 154 valence electrons. The lowest BCUT2D eigenvalue weighted by Crippen LogP contribution is -2.40. The van der Waals surface area contributed by atoms with Crippen molar-refractivity contribution in [3.63, 3.8) is 0 Å². The molecule has 0 spiro atoms. The summed E-state index contributed by atoms with van der Waals surface area (Å²) in [4.78, 5) is 38.5. The van der Waals surface area contributed by atoms with E-state index in [1.54, 1.807) is 11.1 Å². The van der Waals surface area contributed by atoms with Gasteiger partial charge in [-0.1, -0.05) is 30.3 Å². The summed E-state index contributed by atoms with van der Waals surface area (Å²) in [6, 6.07) is 9.69. The highest BCUT2D eigenvalue weighted by Crippen LogP contribution is 2.30. The molecule has 1 aromatic heterocycles. The summed E-state index contributed by atoms with van der Waals surface area (Å²) < 4.78 is 0. The van der Waals surface area contributed by atoms with Gasteiger partial charge in [-0.2, -0.15) is 0 Å². The van der Waals surface area contributed by atoms with Gasteiger partial charge in [-0.05, 0) is 45.6 Å². The molecule has 1 saturated heterocycles. The maximum atomic E-state index is 13.0. The lowest BCUT2D eigenvalue weighted by molar-refractivity contribution is -0.134. The fourth-order valence-corrected chi connectivity index (χ4v) is 3.91. The Kier molecular flexibility index (Phi) is 6.96. The maximum Gasteiger partial charge on any atom is 0.257 e. The van der Waals surface area contributed by atoms with Crippen LogP contribution in [0.4, 0.5) is 0 Å². The average molecular weight is 395 g/mol. The summed E-state index contributed by atoms with van der Waals surface area (Å²) in [7, 11) is 0. The van der Waals surface area contributed by atoms with Crippen LogP contribution in [0.25, 0.3) is 0 Å². The van der Waals surface area contributed by atoms with Crippen molar-refractivity contribution in [2.45, 2.75) is 52.5 Å². The second-order valence-corrected chi connectivity index (χ2v) is 7.47. The Morgan fingerprint density at radius 2 is 1.86 bits per heavy atom. The topological polar surface area (TPSA) is 66.4 Å². The maximum absolute atomic E-state index is 13.0. The molecular formula is C23H30N4O2. The molecule has 0 bridgehead atoms. The second-order valence-electron chi connectivity index (χ2n) is 7.47. The lowest BCUT2D eigenvalue weighted by Gasteiger charge is -2.35. The minimum Gasteiger partial charge on any atom is -0.339 e. The normalized spacial score (nSPS) is 16.5. The van der Waals surface area contributed by atoms with Crippen LogP contribution in [0.2, 0.25) is 0 Å². The Balaban J connectivity index is 1.81. The minimum absolute atomic E-state index is 0.0419.